The molecule has 0 unspecified atom stereocenters. The van der Waals surface area contributed by atoms with Gasteiger partial charge in [-0.1, -0.05) is 35.3 Å². The van der Waals surface area contributed by atoms with E-state index >= 15 is 0 Å². The number of aromatic nitrogens is 2. The molecule has 1 amide bonds. The van der Waals surface area contributed by atoms with Gasteiger partial charge in [0.05, 0.1) is 15.7 Å². The first-order chi connectivity index (χ1) is 18.3. The maximum absolute atomic E-state index is 14.0. The topological polar surface area (TPSA) is 70.6 Å². The van der Waals surface area contributed by atoms with Crippen molar-refractivity contribution in [2.75, 3.05) is 30.5 Å². The monoisotopic (exact) mass is 591 g/mol. The fourth-order valence-electron chi connectivity index (χ4n) is 4.85. The Morgan fingerprint density at radius 1 is 1.05 bits per heavy atom. The third kappa shape index (κ3) is 4.32. The molecule has 206 valence electrons. The summed E-state index contributed by atoms with van der Waals surface area (Å²) in [6, 6.07) is 7.81. The van der Waals surface area contributed by atoms with Crippen molar-refractivity contribution in [3.8, 4) is 5.88 Å². The minimum Gasteiger partial charge on any atom is -0.455 e. The average molecular weight is 592 g/mol. The van der Waals surface area contributed by atoms with Gasteiger partial charge in [0.1, 0.15) is 5.56 Å². The molecule has 1 aromatic heterocycles. The highest BCUT2D eigenvalue weighted by molar-refractivity contribution is 6.40. The second-order valence-electron chi connectivity index (χ2n) is 8.86. The van der Waals surface area contributed by atoms with E-state index in [9.17, 15) is 31.1 Å². The quantitative estimate of drug-likeness (QED) is 0.359. The number of para-hydroxylation sites is 1. The van der Waals surface area contributed by atoms with Crippen LogP contribution in [0.2, 0.25) is 10.0 Å². The maximum atomic E-state index is 14.0. The molecule has 0 fully saturated rings. The summed E-state index contributed by atoms with van der Waals surface area (Å²) in [6.45, 7) is -0.734. The molecular formula is C24H17Cl2F6N5O2. The lowest BCUT2D eigenvalue weighted by Crippen LogP contribution is -2.65. The Balaban J connectivity index is 1.44. The van der Waals surface area contributed by atoms with E-state index in [-0.39, 0.29) is 62.4 Å². The van der Waals surface area contributed by atoms with Crippen LogP contribution in [-0.2, 0) is 12.0 Å². The average Bonchev–Trinajstić information content (AvgIpc) is 2.83. The zero-order valence-electron chi connectivity index (χ0n) is 19.8. The Labute approximate surface area is 227 Å². The molecule has 0 radical (unpaired) electrons. The van der Waals surface area contributed by atoms with Crippen LogP contribution in [0.25, 0.3) is 0 Å². The Kier molecular flexibility index (Phi) is 6.59. The molecule has 7 nitrogen and oxygen atoms in total. The SMILES string of the molecule is CN1CCc2cc(Nc3ncc4c(n3)OCN(c3c(Cl)cccc3Cl)C4=O)ccc2C1(C(F)(F)F)C(F)(F)F. The minimum atomic E-state index is -5.61. The Morgan fingerprint density at radius 2 is 1.72 bits per heavy atom. The summed E-state index contributed by atoms with van der Waals surface area (Å²) in [6.07, 6.45) is -10.1. The normalized spacial score (nSPS) is 17.4. The Bertz CT molecular complexity index is 1430. The molecule has 3 heterocycles. The highest BCUT2D eigenvalue weighted by Crippen LogP contribution is 2.56. The number of hydrogen-bond acceptors (Lipinski definition) is 6. The predicted molar refractivity (Wildman–Crippen MR) is 131 cm³/mol. The maximum Gasteiger partial charge on any atom is 0.419 e. The van der Waals surface area contributed by atoms with Gasteiger partial charge in [-0.25, -0.2) is 4.98 Å². The predicted octanol–water partition coefficient (Wildman–Crippen LogP) is 6.33. The second kappa shape index (κ2) is 9.42. The number of carbonyl (C=O) groups excluding carboxylic acids is 1. The smallest absolute Gasteiger partial charge is 0.419 e. The fraction of sp³-hybridized carbons (Fsp3) is 0.292. The van der Waals surface area contributed by atoms with Gasteiger partial charge in [0, 0.05) is 18.4 Å². The number of nitrogens with zero attached hydrogens (tertiary/aromatic N) is 4. The summed E-state index contributed by atoms with van der Waals surface area (Å²) in [5.74, 6) is -0.701. The molecule has 0 spiro atoms. The number of anilines is 3. The number of hydrogen-bond donors (Lipinski definition) is 1. The number of ether oxygens (including phenoxy) is 1. The van der Waals surface area contributed by atoms with Gasteiger partial charge in [0.2, 0.25) is 17.4 Å². The number of alkyl halides is 6. The highest BCUT2D eigenvalue weighted by Gasteiger charge is 2.75. The van der Waals surface area contributed by atoms with Gasteiger partial charge in [-0.15, -0.1) is 0 Å². The van der Waals surface area contributed by atoms with Gasteiger partial charge < -0.3 is 10.1 Å². The molecule has 2 aromatic carbocycles. The molecular weight excluding hydrogens is 575 g/mol. The third-order valence-corrected chi connectivity index (χ3v) is 7.24. The number of fused-ring (bicyclic) bond motifs is 2. The minimum absolute atomic E-state index is 0.00333. The molecule has 0 atom stereocenters. The zero-order chi connectivity index (χ0) is 28.3. The third-order valence-electron chi connectivity index (χ3n) is 6.63. The summed E-state index contributed by atoms with van der Waals surface area (Å²) in [4.78, 5) is 22.7. The zero-order valence-corrected chi connectivity index (χ0v) is 21.3. The van der Waals surface area contributed by atoms with Crippen LogP contribution in [0.1, 0.15) is 21.5 Å². The first-order valence-electron chi connectivity index (χ1n) is 11.3. The van der Waals surface area contributed by atoms with Crippen LogP contribution in [0, 0.1) is 0 Å². The number of likely N-dealkylation sites (N-methyl/N-ethyl adjacent to an activating group) is 1. The largest absolute Gasteiger partial charge is 0.455 e. The van der Waals surface area contributed by atoms with E-state index in [0.717, 1.165) is 19.2 Å². The molecule has 15 heteroatoms. The molecule has 1 N–H and O–H groups in total. The van der Waals surface area contributed by atoms with E-state index in [2.05, 4.69) is 15.3 Å². The van der Waals surface area contributed by atoms with Crippen molar-refractivity contribution in [2.45, 2.75) is 24.3 Å². The Hall–Kier alpha value is -3.29. The van der Waals surface area contributed by atoms with E-state index in [1.165, 1.54) is 17.2 Å². The molecule has 0 aliphatic carbocycles. The van der Waals surface area contributed by atoms with Crippen LogP contribution < -0.4 is 15.0 Å². The molecule has 0 saturated heterocycles. The number of halogens is 8. The number of rotatable bonds is 3. The summed E-state index contributed by atoms with van der Waals surface area (Å²) in [5, 5.41) is 3.20. The number of nitrogens with one attached hydrogen (secondary N) is 1. The summed E-state index contributed by atoms with van der Waals surface area (Å²) in [5.41, 5.74) is -4.75. The number of benzene rings is 2. The first kappa shape index (κ1) is 27.3. The second-order valence-corrected chi connectivity index (χ2v) is 9.68. The van der Waals surface area contributed by atoms with Gasteiger partial charge in [0.15, 0.2) is 6.73 Å². The van der Waals surface area contributed by atoms with E-state index in [4.69, 9.17) is 27.9 Å². The van der Waals surface area contributed by atoms with E-state index in [0.29, 0.717) is 0 Å². The summed E-state index contributed by atoms with van der Waals surface area (Å²) in [7, 11) is 0.805. The van der Waals surface area contributed by atoms with Gasteiger partial charge in [0.25, 0.3) is 5.91 Å². The van der Waals surface area contributed by atoms with Crippen LogP contribution in [0.15, 0.2) is 42.6 Å². The fourth-order valence-corrected chi connectivity index (χ4v) is 5.45. The van der Waals surface area contributed by atoms with Crippen molar-refractivity contribution in [3.63, 3.8) is 0 Å². The van der Waals surface area contributed by atoms with Crippen LogP contribution in [0.5, 0.6) is 5.88 Å². The molecule has 0 bridgehead atoms. The van der Waals surface area contributed by atoms with Crippen molar-refractivity contribution in [3.05, 3.63) is 69.3 Å². The van der Waals surface area contributed by atoms with Gasteiger partial charge in [-0.2, -0.15) is 31.3 Å². The van der Waals surface area contributed by atoms with Crippen molar-refractivity contribution in [2.24, 2.45) is 0 Å². The number of carbonyl (C=O) groups is 1. The molecule has 2 aliphatic rings. The van der Waals surface area contributed by atoms with Crippen molar-refractivity contribution >= 4 is 46.4 Å². The van der Waals surface area contributed by atoms with Crippen molar-refractivity contribution in [1.82, 2.24) is 14.9 Å². The van der Waals surface area contributed by atoms with Gasteiger partial charge in [-0.3, -0.25) is 14.6 Å². The van der Waals surface area contributed by atoms with E-state index in [1.807, 2.05) is 0 Å². The lowest BCUT2D eigenvalue weighted by Gasteiger charge is -2.47. The van der Waals surface area contributed by atoms with E-state index < -0.39 is 35.9 Å². The van der Waals surface area contributed by atoms with Crippen LogP contribution >= 0.6 is 23.2 Å². The number of amides is 1. The van der Waals surface area contributed by atoms with Crippen molar-refractivity contribution in [1.29, 1.82) is 0 Å². The molecule has 2 aliphatic heterocycles. The van der Waals surface area contributed by atoms with Gasteiger partial charge in [-0.05, 0) is 48.9 Å². The van der Waals surface area contributed by atoms with Crippen molar-refractivity contribution < 1.29 is 35.9 Å². The lowest BCUT2D eigenvalue weighted by molar-refractivity contribution is -0.347. The van der Waals surface area contributed by atoms with Crippen LogP contribution in [0.3, 0.4) is 0 Å². The first-order valence-corrected chi connectivity index (χ1v) is 12.0. The highest BCUT2D eigenvalue weighted by atomic mass is 35.5. The summed E-state index contributed by atoms with van der Waals surface area (Å²) < 4.78 is 89.5. The van der Waals surface area contributed by atoms with Gasteiger partial charge >= 0.3 is 12.4 Å². The summed E-state index contributed by atoms with van der Waals surface area (Å²) >= 11 is 12.4. The molecule has 39 heavy (non-hydrogen) atoms. The lowest BCUT2D eigenvalue weighted by atomic mass is 9.79. The standard InChI is InChI=1S/C24H17Cl2F6N5O2/c1-36-8-7-12-9-13(5-6-15(12)22(36,23(27,28)29)24(30,31)32)34-21-33-10-14-19(35-21)39-11-37(20(14)38)18-16(25)3-2-4-17(18)26/h2-6,9-10H,7-8,11H2,1H3,(H,33,34,35). The van der Waals surface area contributed by atoms with Crippen LogP contribution in [0.4, 0.5) is 43.7 Å². The molecule has 5 rings (SSSR count). The van der Waals surface area contributed by atoms with E-state index in [1.54, 1.807) is 18.2 Å². The molecule has 0 saturated carbocycles. The Morgan fingerprint density at radius 3 is 2.36 bits per heavy atom. The van der Waals surface area contributed by atoms with Crippen LogP contribution in [-0.4, -0.2) is 53.5 Å². The molecule has 3 aromatic rings.